The summed E-state index contributed by atoms with van der Waals surface area (Å²) in [6.07, 6.45) is 1.31. The lowest BCUT2D eigenvalue weighted by Crippen LogP contribution is -2.40. The lowest BCUT2D eigenvalue weighted by molar-refractivity contribution is 0.420. The van der Waals surface area contributed by atoms with E-state index in [1.807, 2.05) is 6.92 Å². The largest absolute Gasteiger partial charge is 0.437 e. The first kappa shape index (κ1) is 13.8. The Labute approximate surface area is 93.4 Å². The van der Waals surface area contributed by atoms with E-state index >= 15 is 0 Å². The van der Waals surface area contributed by atoms with Crippen molar-refractivity contribution in [2.75, 3.05) is 0 Å². The molecule has 0 aromatic rings. The monoisotopic (exact) mass is 239 g/mol. The van der Waals surface area contributed by atoms with Crippen molar-refractivity contribution in [2.45, 2.75) is 31.9 Å². The third kappa shape index (κ3) is 4.88. The third-order valence-corrected chi connectivity index (χ3v) is 7.02. The zero-order valence-electron chi connectivity index (χ0n) is 8.30. The molecule has 0 aromatic heterocycles. The van der Waals surface area contributed by atoms with Crippen LogP contribution in [0.5, 0.6) is 0 Å². The Balaban J connectivity index is 4.23. The van der Waals surface area contributed by atoms with Crippen LogP contribution in [0.1, 0.15) is 19.8 Å². The smallest absolute Gasteiger partial charge is 0.321 e. The molecule has 0 rings (SSSR count). The summed E-state index contributed by atoms with van der Waals surface area (Å²) in [5, 5.41) is 8.43. The molecule has 0 unspecified atom stereocenters. The summed E-state index contributed by atoms with van der Waals surface area (Å²) >= 11 is 0. The Bertz CT molecular complexity index is 223. The van der Waals surface area contributed by atoms with Gasteiger partial charge in [-0.1, -0.05) is 5.57 Å². The van der Waals surface area contributed by atoms with Crippen molar-refractivity contribution in [3.63, 3.8) is 0 Å². The van der Waals surface area contributed by atoms with Crippen LogP contribution in [0.3, 0.4) is 0 Å². The molecular weight excluding hydrogens is 226 g/mol. The van der Waals surface area contributed by atoms with Crippen LogP contribution in [-0.2, 0) is 8.23 Å². The van der Waals surface area contributed by atoms with Crippen LogP contribution in [0, 0.1) is 11.3 Å². The average molecular weight is 239 g/mol. The number of rotatable bonds is 7. The van der Waals surface area contributed by atoms with Crippen molar-refractivity contribution >= 4 is 29.5 Å². The van der Waals surface area contributed by atoms with Gasteiger partial charge in [-0.25, -0.2) is 0 Å². The second-order valence-electron chi connectivity index (χ2n) is 3.26. The fourth-order valence-corrected chi connectivity index (χ4v) is 4.93. The number of hydrogen-bond acceptors (Lipinski definition) is 3. The van der Waals surface area contributed by atoms with E-state index in [-0.39, 0.29) is 0 Å². The molecular formula is C8H13NO2Si3. The molecule has 0 fully saturated rings. The maximum atomic E-state index is 8.43. The van der Waals surface area contributed by atoms with Gasteiger partial charge in [0, 0.05) is 12.5 Å². The fraction of sp³-hybridized carbons (Fsp3) is 0.625. The summed E-state index contributed by atoms with van der Waals surface area (Å²) in [4.78, 5) is 0. The van der Waals surface area contributed by atoms with Crippen molar-refractivity contribution < 1.29 is 8.23 Å². The van der Waals surface area contributed by atoms with Gasteiger partial charge < -0.3 is 8.23 Å². The number of unbranched alkanes of at least 4 members (excludes halogenated alkanes) is 1. The van der Waals surface area contributed by atoms with Crippen molar-refractivity contribution in [3.05, 3.63) is 12.2 Å². The molecule has 0 spiro atoms. The molecule has 0 aliphatic carbocycles. The van der Waals surface area contributed by atoms with E-state index in [0.29, 0.717) is 12.5 Å². The van der Waals surface area contributed by atoms with Crippen molar-refractivity contribution in [1.29, 1.82) is 5.26 Å². The van der Waals surface area contributed by atoms with Gasteiger partial charge in [0.2, 0.25) is 21.0 Å². The molecule has 0 aliphatic heterocycles. The van der Waals surface area contributed by atoms with Crippen LogP contribution in [0.25, 0.3) is 0 Å². The molecule has 74 valence electrons. The van der Waals surface area contributed by atoms with Gasteiger partial charge in [0.25, 0.3) is 0 Å². The van der Waals surface area contributed by atoms with E-state index in [1.54, 1.807) is 0 Å². The highest BCUT2D eigenvalue weighted by Crippen LogP contribution is 2.23. The number of hydrogen-bond donors (Lipinski definition) is 0. The molecule has 14 heavy (non-hydrogen) atoms. The Hall–Kier alpha value is -0.199. The highest BCUT2D eigenvalue weighted by atomic mass is 28.4. The van der Waals surface area contributed by atoms with Crippen molar-refractivity contribution in [1.82, 2.24) is 0 Å². The van der Waals surface area contributed by atoms with Crippen LogP contribution < -0.4 is 0 Å². The molecule has 0 amide bonds. The minimum absolute atomic E-state index is 0.524. The Morgan fingerprint density at radius 3 is 2.43 bits per heavy atom. The molecule has 0 saturated carbocycles. The molecule has 0 aromatic carbocycles. The first-order valence-electron chi connectivity index (χ1n) is 4.31. The van der Waals surface area contributed by atoms with E-state index in [4.69, 9.17) is 13.5 Å². The maximum Gasteiger partial charge on any atom is 0.321 e. The predicted octanol–water partition coefficient (Wildman–Crippen LogP) is 1.51. The lowest BCUT2D eigenvalue weighted by atomic mass is 10.4. The molecule has 6 radical (unpaired) electrons. The lowest BCUT2D eigenvalue weighted by Gasteiger charge is -2.28. The van der Waals surface area contributed by atoms with Gasteiger partial charge in [-0.15, -0.1) is 6.58 Å². The normalized spacial score (nSPS) is 11.0. The van der Waals surface area contributed by atoms with Crippen molar-refractivity contribution in [3.8, 4) is 6.07 Å². The summed E-state index contributed by atoms with van der Waals surface area (Å²) in [6.45, 7) is 5.76. The molecule has 3 nitrogen and oxygen atoms in total. The number of nitrogens with zero attached hydrogens (tertiary/aromatic N) is 1. The van der Waals surface area contributed by atoms with Gasteiger partial charge in [-0.05, 0) is 19.4 Å². The molecule has 0 aliphatic rings. The summed E-state index contributed by atoms with van der Waals surface area (Å²) in [6, 6.07) is 3.58. The zero-order chi connectivity index (χ0) is 11.0. The van der Waals surface area contributed by atoms with Gasteiger partial charge in [0.1, 0.15) is 0 Å². The van der Waals surface area contributed by atoms with Crippen molar-refractivity contribution in [2.24, 2.45) is 0 Å². The topological polar surface area (TPSA) is 42.2 Å². The fourth-order valence-electron chi connectivity index (χ4n) is 1.18. The molecule has 0 saturated heterocycles. The minimum atomic E-state index is -2.27. The first-order valence-corrected chi connectivity index (χ1v) is 7.36. The summed E-state index contributed by atoms with van der Waals surface area (Å²) < 4.78 is 10.5. The predicted molar refractivity (Wildman–Crippen MR) is 58.7 cm³/mol. The Morgan fingerprint density at radius 1 is 1.50 bits per heavy atom. The molecule has 6 heteroatoms. The second kappa shape index (κ2) is 7.14. The molecule has 0 heterocycles. The number of nitriles is 1. The highest BCUT2D eigenvalue weighted by molar-refractivity contribution is 6.73. The summed E-state index contributed by atoms with van der Waals surface area (Å²) in [5.74, 6) is 0. The minimum Gasteiger partial charge on any atom is -0.437 e. The van der Waals surface area contributed by atoms with Gasteiger partial charge in [0.05, 0.1) is 6.07 Å². The standard InChI is InChI=1S/C8H13NO2Si3/c1-8(2)7-14(10-12,11-13)6-4-3-5-9/h1,3-4,6-7H2,2H3. The molecule has 0 N–H and O–H groups in total. The van der Waals surface area contributed by atoms with Gasteiger partial charge in [0.15, 0.2) is 0 Å². The van der Waals surface area contributed by atoms with E-state index in [1.165, 1.54) is 0 Å². The second-order valence-corrected chi connectivity index (χ2v) is 7.57. The average Bonchev–Trinajstić information content (AvgIpc) is 2.16. The third-order valence-electron chi connectivity index (χ3n) is 1.79. The van der Waals surface area contributed by atoms with Gasteiger partial charge >= 0.3 is 8.56 Å². The quantitative estimate of drug-likeness (QED) is 0.384. The van der Waals surface area contributed by atoms with Crippen LogP contribution in [0.4, 0.5) is 0 Å². The SMILES string of the molecule is C=C(C)C[Si](CCCC#N)(O[Si])O[Si]. The maximum absolute atomic E-state index is 8.43. The zero-order valence-corrected chi connectivity index (χ0v) is 11.3. The Morgan fingerprint density at radius 2 is 2.07 bits per heavy atom. The van der Waals surface area contributed by atoms with Crippen LogP contribution in [-0.4, -0.2) is 29.5 Å². The first-order chi connectivity index (χ1) is 6.60. The molecule has 0 atom stereocenters. The Kier molecular flexibility index (Phi) is 7.04. The van der Waals surface area contributed by atoms with E-state index in [9.17, 15) is 0 Å². The summed E-state index contributed by atoms with van der Waals surface area (Å²) in [7, 11) is 3.82. The van der Waals surface area contributed by atoms with Crippen LogP contribution >= 0.6 is 0 Å². The summed E-state index contributed by atoms with van der Waals surface area (Å²) in [5.41, 5.74) is 1.02. The van der Waals surface area contributed by atoms with Crippen LogP contribution in [0.15, 0.2) is 12.2 Å². The van der Waals surface area contributed by atoms with Gasteiger partial charge in [-0.3, -0.25) is 0 Å². The van der Waals surface area contributed by atoms with E-state index < -0.39 is 8.56 Å². The van der Waals surface area contributed by atoms with Gasteiger partial charge in [-0.2, -0.15) is 5.26 Å². The highest BCUT2D eigenvalue weighted by Gasteiger charge is 2.33. The van der Waals surface area contributed by atoms with E-state index in [0.717, 1.165) is 18.0 Å². The molecule has 0 bridgehead atoms. The van der Waals surface area contributed by atoms with Crippen LogP contribution in [0.2, 0.25) is 12.1 Å². The van der Waals surface area contributed by atoms with E-state index in [2.05, 4.69) is 33.6 Å². The number of allylic oxidation sites excluding steroid dienone is 1.